The third kappa shape index (κ3) is 7.61. The number of hydrogen-bond acceptors (Lipinski definition) is 8. The summed E-state index contributed by atoms with van der Waals surface area (Å²) in [5, 5.41) is 2.55. The van der Waals surface area contributed by atoms with Gasteiger partial charge >= 0.3 is 24.0 Å². The summed E-state index contributed by atoms with van der Waals surface area (Å²) in [5.74, 6) is -4.87. The van der Waals surface area contributed by atoms with Gasteiger partial charge < -0.3 is 24.3 Å². The number of esters is 3. The first-order valence-corrected chi connectivity index (χ1v) is 10.8. The summed E-state index contributed by atoms with van der Waals surface area (Å²) in [6.45, 7) is 2.94. The second-order valence-corrected chi connectivity index (χ2v) is 8.28. The van der Waals surface area contributed by atoms with Crippen molar-refractivity contribution in [2.75, 3.05) is 0 Å². The maximum Gasteiger partial charge on any atom is 0.407 e. The summed E-state index contributed by atoms with van der Waals surface area (Å²) >= 11 is 0. The molecule has 0 spiro atoms. The molecule has 1 amide bonds. The third-order valence-corrected chi connectivity index (χ3v) is 4.97. The van der Waals surface area contributed by atoms with Gasteiger partial charge in [0.1, 0.15) is 13.2 Å². The van der Waals surface area contributed by atoms with Gasteiger partial charge in [0, 0.05) is 19.9 Å². The van der Waals surface area contributed by atoms with E-state index < -0.39 is 41.7 Å². The predicted octanol–water partition coefficient (Wildman–Crippen LogP) is 3.26. The number of carbonyl (C=O) groups excluding carboxylic acids is 4. The van der Waals surface area contributed by atoms with Crippen LogP contribution >= 0.6 is 0 Å². The van der Waals surface area contributed by atoms with E-state index in [1.165, 1.54) is 13.8 Å². The van der Waals surface area contributed by atoms with E-state index in [-0.39, 0.29) is 26.1 Å². The average molecular weight is 469 g/mol. The van der Waals surface area contributed by atoms with Gasteiger partial charge in [0.05, 0.1) is 6.42 Å². The highest BCUT2D eigenvalue weighted by Gasteiger charge is 2.44. The molecular formula is C25H27NO8. The normalized spacial score (nSPS) is 16.1. The minimum Gasteiger partial charge on any atom is -0.461 e. The first-order chi connectivity index (χ1) is 16.2. The maximum atomic E-state index is 12.4. The lowest BCUT2D eigenvalue weighted by atomic mass is 9.96. The van der Waals surface area contributed by atoms with Crippen LogP contribution in [0.15, 0.2) is 60.7 Å². The van der Waals surface area contributed by atoms with Gasteiger partial charge in [-0.15, -0.1) is 0 Å². The molecule has 0 radical (unpaired) electrons. The average Bonchev–Trinajstić information content (AvgIpc) is 2.79. The second-order valence-electron chi connectivity index (χ2n) is 8.28. The Morgan fingerprint density at radius 1 is 0.882 bits per heavy atom. The number of hydrogen-bond donors (Lipinski definition) is 1. The molecule has 180 valence electrons. The molecule has 0 aromatic heterocycles. The zero-order chi connectivity index (χ0) is 24.6. The number of benzene rings is 2. The van der Waals surface area contributed by atoms with Crippen LogP contribution in [0.2, 0.25) is 0 Å². The van der Waals surface area contributed by atoms with Gasteiger partial charge in [-0.25, -0.2) is 4.79 Å². The molecule has 1 aliphatic heterocycles. The molecule has 1 saturated heterocycles. The van der Waals surface area contributed by atoms with E-state index in [0.29, 0.717) is 0 Å². The Balaban J connectivity index is 1.62. The van der Waals surface area contributed by atoms with Gasteiger partial charge in [-0.3, -0.25) is 14.4 Å². The van der Waals surface area contributed by atoms with Gasteiger partial charge in [0.2, 0.25) is 0 Å². The Morgan fingerprint density at radius 2 is 1.38 bits per heavy atom. The van der Waals surface area contributed by atoms with Gasteiger partial charge in [0.25, 0.3) is 5.79 Å². The maximum absolute atomic E-state index is 12.4. The zero-order valence-electron chi connectivity index (χ0n) is 19.0. The molecule has 2 aromatic carbocycles. The van der Waals surface area contributed by atoms with Crippen LogP contribution in [-0.2, 0) is 46.5 Å². The van der Waals surface area contributed by atoms with E-state index in [1.807, 2.05) is 36.4 Å². The summed E-state index contributed by atoms with van der Waals surface area (Å²) in [6, 6.07) is 17.2. The SMILES string of the molecule is CC1(C)OC(=O)C(C[C@@H](CC(=O)OCc2ccccc2)NC(=O)OCc2ccccc2)C(=O)O1. The summed E-state index contributed by atoms with van der Waals surface area (Å²) in [5.41, 5.74) is 1.57. The van der Waals surface area contributed by atoms with E-state index in [0.717, 1.165) is 11.1 Å². The van der Waals surface area contributed by atoms with Crippen molar-refractivity contribution in [2.45, 2.75) is 51.7 Å². The molecule has 1 fully saturated rings. The highest BCUT2D eigenvalue weighted by atomic mass is 16.7. The highest BCUT2D eigenvalue weighted by molar-refractivity contribution is 5.96. The van der Waals surface area contributed by atoms with Crippen molar-refractivity contribution in [1.29, 1.82) is 0 Å². The highest BCUT2D eigenvalue weighted by Crippen LogP contribution is 2.26. The number of amides is 1. The fraction of sp³-hybridized carbons (Fsp3) is 0.360. The largest absolute Gasteiger partial charge is 0.461 e. The Bertz CT molecular complexity index is 929. The molecule has 3 rings (SSSR count). The zero-order valence-corrected chi connectivity index (χ0v) is 19.0. The molecule has 34 heavy (non-hydrogen) atoms. The van der Waals surface area contributed by atoms with Gasteiger partial charge in [-0.2, -0.15) is 0 Å². The van der Waals surface area contributed by atoms with Gasteiger partial charge in [-0.05, 0) is 17.5 Å². The van der Waals surface area contributed by atoms with Crippen molar-refractivity contribution in [2.24, 2.45) is 5.92 Å². The van der Waals surface area contributed by atoms with E-state index in [2.05, 4.69) is 5.32 Å². The number of cyclic esters (lactones) is 2. The van der Waals surface area contributed by atoms with Crippen LogP contribution in [0.3, 0.4) is 0 Å². The van der Waals surface area contributed by atoms with Gasteiger partial charge in [-0.1, -0.05) is 60.7 Å². The third-order valence-electron chi connectivity index (χ3n) is 4.97. The molecule has 1 heterocycles. The van der Waals surface area contributed by atoms with E-state index in [9.17, 15) is 19.2 Å². The predicted molar refractivity (Wildman–Crippen MR) is 119 cm³/mol. The summed E-state index contributed by atoms with van der Waals surface area (Å²) < 4.78 is 20.8. The van der Waals surface area contributed by atoms with E-state index in [4.69, 9.17) is 18.9 Å². The number of nitrogens with one attached hydrogen (secondary N) is 1. The lowest BCUT2D eigenvalue weighted by Crippen LogP contribution is -2.49. The molecule has 1 atom stereocenters. The fourth-order valence-corrected chi connectivity index (χ4v) is 3.34. The first kappa shape index (κ1) is 24.8. The minimum absolute atomic E-state index is 0.0134. The van der Waals surface area contributed by atoms with E-state index >= 15 is 0 Å². The Labute approximate surface area is 197 Å². The summed E-state index contributed by atoms with van der Waals surface area (Å²) in [7, 11) is 0. The van der Waals surface area contributed by atoms with E-state index in [1.54, 1.807) is 24.3 Å². The van der Waals surface area contributed by atoms with Crippen LogP contribution in [0.1, 0.15) is 37.8 Å². The van der Waals surface area contributed by atoms with Crippen molar-refractivity contribution >= 4 is 24.0 Å². The molecule has 0 saturated carbocycles. The van der Waals surface area contributed by atoms with Crippen molar-refractivity contribution in [3.8, 4) is 0 Å². The number of carbonyl (C=O) groups is 4. The Hall–Kier alpha value is -3.88. The number of rotatable bonds is 9. The standard InChI is InChI=1S/C25H27NO8/c1-25(2)33-22(28)20(23(29)34-25)13-19(14-21(27)31-15-17-9-5-3-6-10-17)26-24(30)32-16-18-11-7-4-8-12-18/h3-12,19-20H,13-16H2,1-2H3,(H,26,30)/t19-/m0/s1. The molecule has 9 heteroatoms. The molecular weight excluding hydrogens is 442 g/mol. The van der Waals surface area contributed by atoms with Gasteiger partial charge in [0.15, 0.2) is 5.92 Å². The van der Waals surface area contributed by atoms with Crippen LogP contribution in [0, 0.1) is 5.92 Å². The fourth-order valence-electron chi connectivity index (χ4n) is 3.34. The quantitative estimate of drug-likeness (QED) is 0.338. The molecule has 1 N–H and O–H groups in total. The Kier molecular flexibility index (Phi) is 8.24. The smallest absolute Gasteiger partial charge is 0.407 e. The van der Waals surface area contributed by atoms with Crippen LogP contribution in [0.5, 0.6) is 0 Å². The lowest BCUT2D eigenvalue weighted by molar-refractivity contribution is -0.240. The van der Waals surface area contributed by atoms with Crippen LogP contribution in [0.25, 0.3) is 0 Å². The summed E-state index contributed by atoms with van der Waals surface area (Å²) in [4.78, 5) is 49.6. The first-order valence-electron chi connectivity index (χ1n) is 10.8. The molecule has 0 bridgehead atoms. The topological polar surface area (TPSA) is 117 Å². The summed E-state index contributed by atoms with van der Waals surface area (Å²) in [6.07, 6.45) is -1.30. The molecule has 1 aliphatic rings. The number of ether oxygens (including phenoxy) is 4. The molecule has 0 unspecified atom stereocenters. The van der Waals surface area contributed by atoms with Crippen molar-refractivity contribution in [3.63, 3.8) is 0 Å². The number of alkyl carbamates (subject to hydrolysis) is 1. The minimum atomic E-state index is -1.38. The van der Waals surface area contributed by atoms with Crippen LogP contribution in [-0.4, -0.2) is 35.8 Å². The molecule has 2 aromatic rings. The van der Waals surface area contributed by atoms with Crippen molar-refractivity contribution < 1.29 is 38.1 Å². The lowest BCUT2D eigenvalue weighted by Gasteiger charge is -2.34. The molecule has 9 nitrogen and oxygen atoms in total. The Morgan fingerprint density at radius 3 is 1.91 bits per heavy atom. The van der Waals surface area contributed by atoms with Crippen molar-refractivity contribution in [1.82, 2.24) is 5.32 Å². The monoisotopic (exact) mass is 469 g/mol. The van der Waals surface area contributed by atoms with Crippen LogP contribution < -0.4 is 5.32 Å². The van der Waals surface area contributed by atoms with Crippen molar-refractivity contribution in [3.05, 3.63) is 71.8 Å². The second kappa shape index (κ2) is 11.3. The molecule has 0 aliphatic carbocycles. The van der Waals surface area contributed by atoms with Crippen LogP contribution in [0.4, 0.5) is 4.79 Å².